The van der Waals surface area contributed by atoms with Crippen LogP contribution < -0.4 is 10.1 Å². The third-order valence-electron chi connectivity index (χ3n) is 3.75. The summed E-state index contributed by atoms with van der Waals surface area (Å²) in [6.07, 6.45) is 4.36. The van der Waals surface area contributed by atoms with E-state index in [1.165, 1.54) is 7.11 Å². The van der Waals surface area contributed by atoms with Gasteiger partial charge in [0, 0.05) is 23.4 Å². The summed E-state index contributed by atoms with van der Waals surface area (Å²) < 4.78 is 19.2. The average Bonchev–Trinajstić information content (AvgIpc) is 2.46. The highest BCUT2D eigenvalue weighted by molar-refractivity contribution is 8.00. The molecule has 0 amide bonds. The SMILES string of the molecule is CCC(CC)(CNCc1cccc(OC)c1F)SC. The van der Waals surface area contributed by atoms with Gasteiger partial charge in [-0.2, -0.15) is 11.8 Å². The number of rotatable bonds is 8. The Bertz CT molecular complexity index is 385. The Balaban J connectivity index is 2.63. The molecule has 0 radical (unpaired) electrons. The third-order valence-corrected chi connectivity index (χ3v) is 5.34. The Morgan fingerprint density at radius 3 is 2.53 bits per heavy atom. The molecule has 0 saturated heterocycles. The molecule has 1 rings (SSSR count). The molecule has 1 N–H and O–H groups in total. The maximum atomic E-state index is 14.0. The molecule has 2 nitrogen and oxygen atoms in total. The molecule has 0 aromatic heterocycles. The van der Waals surface area contributed by atoms with E-state index in [0.717, 1.165) is 19.4 Å². The normalized spacial score (nSPS) is 11.6. The molecular formula is C15H24FNOS. The van der Waals surface area contributed by atoms with Crippen LogP contribution in [0.3, 0.4) is 0 Å². The van der Waals surface area contributed by atoms with Gasteiger partial charge in [-0.05, 0) is 25.2 Å². The van der Waals surface area contributed by atoms with Gasteiger partial charge in [0.25, 0.3) is 0 Å². The first-order valence-electron chi connectivity index (χ1n) is 6.69. The van der Waals surface area contributed by atoms with E-state index in [2.05, 4.69) is 25.4 Å². The minimum Gasteiger partial charge on any atom is -0.494 e. The number of methoxy groups -OCH3 is 1. The van der Waals surface area contributed by atoms with Crippen molar-refractivity contribution >= 4 is 11.8 Å². The highest BCUT2D eigenvalue weighted by Gasteiger charge is 2.24. The monoisotopic (exact) mass is 285 g/mol. The van der Waals surface area contributed by atoms with E-state index in [1.54, 1.807) is 12.1 Å². The van der Waals surface area contributed by atoms with Gasteiger partial charge in [0.15, 0.2) is 11.6 Å². The summed E-state index contributed by atoms with van der Waals surface area (Å²) in [7, 11) is 1.49. The lowest BCUT2D eigenvalue weighted by Gasteiger charge is -2.30. The van der Waals surface area contributed by atoms with Crippen molar-refractivity contribution in [3.05, 3.63) is 29.6 Å². The molecule has 0 aliphatic rings. The number of benzene rings is 1. The van der Waals surface area contributed by atoms with Crippen molar-refractivity contribution in [1.82, 2.24) is 5.32 Å². The molecule has 0 unspecified atom stereocenters. The molecule has 1 aromatic carbocycles. The van der Waals surface area contributed by atoms with E-state index in [-0.39, 0.29) is 10.6 Å². The van der Waals surface area contributed by atoms with Crippen LogP contribution in [0.2, 0.25) is 0 Å². The molecule has 108 valence electrons. The van der Waals surface area contributed by atoms with Gasteiger partial charge in [-0.15, -0.1) is 0 Å². The molecule has 1 aromatic rings. The largest absolute Gasteiger partial charge is 0.494 e. The third kappa shape index (κ3) is 4.11. The van der Waals surface area contributed by atoms with Crippen LogP contribution in [-0.2, 0) is 6.54 Å². The smallest absolute Gasteiger partial charge is 0.169 e. The lowest BCUT2D eigenvalue weighted by atomic mass is 10.0. The maximum Gasteiger partial charge on any atom is 0.169 e. The minimum atomic E-state index is -0.264. The quantitative estimate of drug-likeness (QED) is 0.784. The fraction of sp³-hybridized carbons (Fsp3) is 0.600. The molecule has 0 saturated carbocycles. The second kappa shape index (κ2) is 7.75. The highest BCUT2D eigenvalue weighted by atomic mass is 32.2. The standard InChI is InChI=1S/C15H24FNOS/c1-5-15(6-2,19-4)11-17-10-12-8-7-9-13(18-3)14(12)16/h7-9,17H,5-6,10-11H2,1-4H3. The van der Waals surface area contributed by atoms with Crippen molar-refractivity contribution in [2.45, 2.75) is 38.0 Å². The van der Waals surface area contributed by atoms with Crippen molar-refractivity contribution in [1.29, 1.82) is 0 Å². The van der Waals surface area contributed by atoms with E-state index in [4.69, 9.17) is 4.74 Å². The fourth-order valence-corrected chi connectivity index (χ4v) is 2.96. The first kappa shape index (κ1) is 16.3. The summed E-state index contributed by atoms with van der Waals surface area (Å²) in [4.78, 5) is 0. The van der Waals surface area contributed by atoms with Crippen LogP contribution in [0.4, 0.5) is 4.39 Å². The molecule has 0 fully saturated rings. The highest BCUT2D eigenvalue weighted by Crippen LogP contribution is 2.29. The van der Waals surface area contributed by atoms with E-state index in [1.807, 2.05) is 17.8 Å². The number of nitrogens with one attached hydrogen (secondary N) is 1. The molecule has 0 aliphatic carbocycles. The zero-order valence-corrected chi connectivity index (χ0v) is 13.1. The van der Waals surface area contributed by atoms with Gasteiger partial charge in [-0.25, -0.2) is 4.39 Å². The summed E-state index contributed by atoms with van der Waals surface area (Å²) in [5.74, 6) is 0.0432. The maximum absolute atomic E-state index is 14.0. The van der Waals surface area contributed by atoms with E-state index in [0.29, 0.717) is 17.9 Å². The van der Waals surface area contributed by atoms with Gasteiger partial charge in [0.05, 0.1) is 7.11 Å². The van der Waals surface area contributed by atoms with Crippen molar-refractivity contribution in [3.63, 3.8) is 0 Å². The van der Waals surface area contributed by atoms with E-state index < -0.39 is 0 Å². The van der Waals surface area contributed by atoms with Crippen LogP contribution in [0.15, 0.2) is 18.2 Å². The number of halogens is 1. The predicted octanol–water partition coefficient (Wildman–Crippen LogP) is 3.85. The minimum absolute atomic E-state index is 0.245. The summed E-state index contributed by atoms with van der Waals surface area (Å²) in [5.41, 5.74) is 0.654. The van der Waals surface area contributed by atoms with E-state index in [9.17, 15) is 4.39 Å². The second-order valence-electron chi connectivity index (χ2n) is 4.63. The van der Waals surface area contributed by atoms with Gasteiger partial charge in [0.1, 0.15) is 0 Å². The topological polar surface area (TPSA) is 21.3 Å². The van der Waals surface area contributed by atoms with Gasteiger partial charge in [-0.3, -0.25) is 0 Å². The molecule has 19 heavy (non-hydrogen) atoms. The molecule has 0 heterocycles. The summed E-state index contributed by atoms with van der Waals surface area (Å²) in [5, 5.41) is 3.37. The first-order valence-corrected chi connectivity index (χ1v) is 7.92. The zero-order chi connectivity index (χ0) is 14.3. The average molecular weight is 285 g/mol. The number of ether oxygens (including phenoxy) is 1. The zero-order valence-electron chi connectivity index (χ0n) is 12.3. The number of hydrogen-bond acceptors (Lipinski definition) is 3. The lowest BCUT2D eigenvalue weighted by Crippen LogP contribution is -2.36. The molecule has 0 spiro atoms. The fourth-order valence-electron chi connectivity index (χ4n) is 2.14. The van der Waals surface area contributed by atoms with Crippen molar-refractivity contribution in [2.75, 3.05) is 19.9 Å². The van der Waals surface area contributed by atoms with Crippen molar-refractivity contribution in [2.24, 2.45) is 0 Å². The Hall–Kier alpha value is -0.740. The van der Waals surface area contributed by atoms with E-state index >= 15 is 0 Å². The molecular weight excluding hydrogens is 261 g/mol. The van der Waals surface area contributed by atoms with Crippen molar-refractivity contribution in [3.8, 4) is 5.75 Å². The first-order chi connectivity index (χ1) is 9.12. The van der Waals surface area contributed by atoms with Crippen LogP contribution in [0, 0.1) is 5.82 Å². The second-order valence-corrected chi connectivity index (χ2v) is 5.91. The van der Waals surface area contributed by atoms with Crippen molar-refractivity contribution < 1.29 is 9.13 Å². The molecule has 0 aliphatic heterocycles. The van der Waals surface area contributed by atoms with Gasteiger partial charge < -0.3 is 10.1 Å². The van der Waals surface area contributed by atoms with Crippen LogP contribution >= 0.6 is 11.8 Å². The number of hydrogen-bond donors (Lipinski definition) is 1. The van der Waals surface area contributed by atoms with Crippen LogP contribution in [-0.4, -0.2) is 24.7 Å². The van der Waals surface area contributed by atoms with Gasteiger partial charge >= 0.3 is 0 Å². The summed E-state index contributed by atoms with van der Waals surface area (Å²) in [6, 6.07) is 5.26. The lowest BCUT2D eigenvalue weighted by molar-refractivity contribution is 0.382. The Kier molecular flexibility index (Phi) is 6.66. The Labute approximate surface area is 120 Å². The summed E-state index contributed by atoms with van der Waals surface area (Å²) >= 11 is 1.88. The van der Waals surface area contributed by atoms with Crippen LogP contribution in [0.25, 0.3) is 0 Å². The Morgan fingerprint density at radius 1 is 1.32 bits per heavy atom. The predicted molar refractivity (Wildman–Crippen MR) is 81.5 cm³/mol. The molecule has 0 atom stereocenters. The molecule has 0 bridgehead atoms. The molecule has 4 heteroatoms. The number of thioether (sulfide) groups is 1. The Morgan fingerprint density at radius 2 is 2.00 bits per heavy atom. The summed E-state index contributed by atoms with van der Waals surface area (Å²) in [6.45, 7) is 5.82. The van der Waals surface area contributed by atoms with Crippen LogP contribution in [0.1, 0.15) is 32.3 Å². The van der Waals surface area contributed by atoms with Gasteiger partial charge in [-0.1, -0.05) is 26.0 Å². The van der Waals surface area contributed by atoms with Gasteiger partial charge in [0.2, 0.25) is 0 Å². The van der Waals surface area contributed by atoms with Crippen LogP contribution in [0.5, 0.6) is 5.75 Å².